The Labute approximate surface area is 227 Å². The van der Waals surface area contributed by atoms with E-state index in [1.165, 1.54) is 33.1 Å². The molecule has 1 unspecified atom stereocenters. The molecule has 0 bridgehead atoms. The number of aliphatic carboxylic acids is 1. The summed E-state index contributed by atoms with van der Waals surface area (Å²) in [4.78, 5) is 33.5. The Morgan fingerprint density at radius 2 is 1.74 bits per heavy atom. The van der Waals surface area contributed by atoms with Gasteiger partial charge in [-0.3, -0.25) is 14.9 Å². The van der Waals surface area contributed by atoms with Crippen LogP contribution in [-0.4, -0.2) is 48.9 Å². The second-order valence-corrected chi connectivity index (χ2v) is 8.73. The number of halogens is 2. The number of ether oxygens (including phenoxy) is 3. The molecule has 0 radical (unpaired) electrons. The predicted molar refractivity (Wildman–Crippen MR) is 140 cm³/mol. The maximum absolute atomic E-state index is 14.0. The van der Waals surface area contributed by atoms with E-state index in [0.717, 1.165) is 32.1 Å². The van der Waals surface area contributed by atoms with Gasteiger partial charge in [0.05, 0.1) is 29.9 Å². The average Bonchev–Trinajstić information content (AvgIpc) is 2.87. The number of rotatable bonds is 14. The van der Waals surface area contributed by atoms with Gasteiger partial charge in [-0.25, -0.2) is 9.18 Å². The number of unbranched alkanes of at least 4 members (excludes halogenated alkanes) is 4. The van der Waals surface area contributed by atoms with E-state index in [4.69, 9.17) is 14.2 Å². The third-order valence-electron chi connectivity index (χ3n) is 5.93. The molecule has 0 saturated heterocycles. The topological polar surface area (TPSA) is 137 Å². The molecule has 1 heterocycles. The van der Waals surface area contributed by atoms with Crippen LogP contribution in [0.5, 0.6) is 5.75 Å². The lowest BCUT2D eigenvalue weighted by atomic mass is 9.83. The molecule has 0 spiro atoms. The van der Waals surface area contributed by atoms with E-state index in [9.17, 15) is 33.6 Å². The molecule has 218 valence electrons. The first-order valence-corrected chi connectivity index (χ1v) is 12.8. The number of carboxylic acid groups (broad SMARTS) is 1. The standard InChI is InChI=1S/C15H14F2N2O5.C12H24O3/c1-6-10(15(20)21)11(13(19(22)23)7(2)18-6)8-4-5-9(16)12(17)14(8)24-3;1-3-5-6-7-8-9-12(13)15-11-10-14-4-2/h4-5,11,18H,1-3H3,(H,20,21);3-11H2,1-2H3. The highest BCUT2D eigenvalue weighted by molar-refractivity contribution is 5.91. The van der Waals surface area contributed by atoms with Gasteiger partial charge >= 0.3 is 11.9 Å². The van der Waals surface area contributed by atoms with Gasteiger partial charge in [0.15, 0.2) is 11.6 Å². The Hall–Kier alpha value is -3.54. The third kappa shape index (κ3) is 9.93. The number of carboxylic acids is 1. The van der Waals surface area contributed by atoms with Gasteiger partial charge in [-0.2, -0.15) is 4.39 Å². The number of nitrogens with one attached hydrogen (secondary N) is 1. The van der Waals surface area contributed by atoms with Crippen LogP contribution >= 0.6 is 0 Å². The molecule has 0 aromatic heterocycles. The molecule has 1 aromatic rings. The summed E-state index contributed by atoms with van der Waals surface area (Å²) in [5.41, 5.74) is -0.665. The lowest BCUT2D eigenvalue weighted by Crippen LogP contribution is -2.31. The van der Waals surface area contributed by atoms with Crippen LogP contribution in [0.3, 0.4) is 0 Å². The fourth-order valence-electron chi connectivity index (χ4n) is 4.10. The first-order valence-electron chi connectivity index (χ1n) is 12.8. The monoisotopic (exact) mass is 556 g/mol. The first-order chi connectivity index (χ1) is 18.5. The van der Waals surface area contributed by atoms with Gasteiger partial charge in [0, 0.05) is 24.3 Å². The molecule has 0 fully saturated rings. The number of nitro groups is 1. The van der Waals surface area contributed by atoms with Crippen molar-refractivity contribution in [3.63, 3.8) is 0 Å². The van der Waals surface area contributed by atoms with Gasteiger partial charge in [0.2, 0.25) is 5.82 Å². The van der Waals surface area contributed by atoms with E-state index in [0.29, 0.717) is 26.2 Å². The molecule has 12 heteroatoms. The Bertz CT molecular complexity index is 1040. The van der Waals surface area contributed by atoms with Crippen LogP contribution in [0.15, 0.2) is 34.8 Å². The zero-order valence-corrected chi connectivity index (χ0v) is 23.1. The zero-order chi connectivity index (χ0) is 29.5. The van der Waals surface area contributed by atoms with E-state index >= 15 is 0 Å². The summed E-state index contributed by atoms with van der Waals surface area (Å²) in [6.45, 7) is 8.52. The van der Waals surface area contributed by atoms with Gasteiger partial charge in [-0.15, -0.1) is 0 Å². The zero-order valence-electron chi connectivity index (χ0n) is 23.1. The van der Waals surface area contributed by atoms with Crippen molar-refractivity contribution in [2.75, 3.05) is 26.9 Å². The van der Waals surface area contributed by atoms with E-state index in [1.54, 1.807) is 0 Å². The molecular weight excluding hydrogens is 518 g/mol. The van der Waals surface area contributed by atoms with Gasteiger partial charge in [0.1, 0.15) is 12.5 Å². The number of dihydropyridines is 1. The number of benzene rings is 1. The number of hydrogen-bond acceptors (Lipinski definition) is 8. The van der Waals surface area contributed by atoms with Crippen molar-refractivity contribution < 1.29 is 42.6 Å². The highest BCUT2D eigenvalue weighted by Gasteiger charge is 2.42. The molecule has 0 amide bonds. The molecule has 0 aliphatic carbocycles. The number of carbonyl (C=O) groups excluding carboxylic acids is 1. The summed E-state index contributed by atoms with van der Waals surface area (Å²) < 4.78 is 42.3. The highest BCUT2D eigenvalue weighted by atomic mass is 19.2. The number of allylic oxidation sites excluding steroid dienone is 3. The Morgan fingerprint density at radius 3 is 2.31 bits per heavy atom. The van der Waals surface area contributed by atoms with Crippen molar-refractivity contribution in [3.05, 3.63) is 62.1 Å². The van der Waals surface area contributed by atoms with Crippen LogP contribution in [0.4, 0.5) is 8.78 Å². The number of nitrogens with zero attached hydrogens (tertiary/aromatic N) is 1. The quantitative estimate of drug-likeness (QED) is 0.133. The van der Waals surface area contributed by atoms with Crippen molar-refractivity contribution in [2.45, 2.75) is 72.1 Å². The molecule has 2 rings (SSSR count). The lowest BCUT2D eigenvalue weighted by molar-refractivity contribution is -0.431. The second kappa shape index (κ2) is 17.1. The Morgan fingerprint density at radius 1 is 1.08 bits per heavy atom. The van der Waals surface area contributed by atoms with E-state index in [1.807, 2.05) is 6.92 Å². The number of esters is 1. The molecule has 39 heavy (non-hydrogen) atoms. The normalized spacial score (nSPS) is 14.8. The summed E-state index contributed by atoms with van der Waals surface area (Å²) in [6, 6.07) is 1.86. The first kappa shape index (κ1) is 33.5. The van der Waals surface area contributed by atoms with Gasteiger partial charge in [0.25, 0.3) is 5.70 Å². The summed E-state index contributed by atoms with van der Waals surface area (Å²) in [5, 5.41) is 23.6. The van der Waals surface area contributed by atoms with Crippen LogP contribution in [0.25, 0.3) is 0 Å². The van der Waals surface area contributed by atoms with Crippen molar-refractivity contribution >= 4 is 11.9 Å². The summed E-state index contributed by atoms with van der Waals surface area (Å²) >= 11 is 0. The molecule has 10 nitrogen and oxygen atoms in total. The van der Waals surface area contributed by atoms with Crippen molar-refractivity contribution in [2.24, 2.45) is 0 Å². The maximum atomic E-state index is 14.0. The van der Waals surface area contributed by atoms with Gasteiger partial charge in [-0.1, -0.05) is 38.7 Å². The van der Waals surface area contributed by atoms with Gasteiger partial charge in [-0.05, 0) is 33.3 Å². The second-order valence-electron chi connectivity index (χ2n) is 8.73. The molecule has 1 aliphatic heterocycles. The largest absolute Gasteiger partial charge is 0.493 e. The van der Waals surface area contributed by atoms with E-state index in [2.05, 4.69) is 12.2 Å². The summed E-state index contributed by atoms with van der Waals surface area (Å²) in [7, 11) is 1.07. The van der Waals surface area contributed by atoms with Crippen LogP contribution in [0.1, 0.15) is 77.7 Å². The fourth-order valence-corrected chi connectivity index (χ4v) is 4.10. The smallest absolute Gasteiger partial charge is 0.334 e. The number of methoxy groups -OCH3 is 1. The molecular formula is C27H38F2N2O8. The fraction of sp³-hybridized carbons (Fsp3) is 0.556. The van der Waals surface area contributed by atoms with Gasteiger partial charge < -0.3 is 24.6 Å². The average molecular weight is 557 g/mol. The highest BCUT2D eigenvalue weighted by Crippen LogP contribution is 2.43. The molecule has 1 aliphatic rings. The SMILES string of the molecule is CCCCCCCC(=O)OCCOCC.COc1c(C2C(C(=O)O)=C(C)NC(C)=C2[N+](=O)[O-])ccc(F)c1F. The van der Waals surface area contributed by atoms with Crippen LogP contribution in [-0.2, 0) is 19.1 Å². The summed E-state index contributed by atoms with van der Waals surface area (Å²) in [6.07, 6.45) is 6.36. The Kier molecular flexibility index (Phi) is 14.7. The molecule has 0 saturated carbocycles. The van der Waals surface area contributed by atoms with Crippen LogP contribution in [0.2, 0.25) is 0 Å². The van der Waals surface area contributed by atoms with E-state index in [-0.39, 0.29) is 28.5 Å². The molecule has 1 aromatic carbocycles. The minimum absolute atomic E-state index is 0.0915. The Balaban J connectivity index is 0.000000439. The number of carbonyl (C=O) groups is 2. The number of hydrogen-bond donors (Lipinski definition) is 2. The molecule has 2 N–H and O–H groups in total. The lowest BCUT2D eigenvalue weighted by Gasteiger charge is -2.26. The van der Waals surface area contributed by atoms with Crippen molar-refractivity contribution in [1.82, 2.24) is 5.32 Å². The minimum atomic E-state index is -1.41. The minimum Gasteiger partial charge on any atom is -0.493 e. The summed E-state index contributed by atoms with van der Waals surface area (Å²) in [5.74, 6) is -6.03. The van der Waals surface area contributed by atoms with Crippen molar-refractivity contribution in [1.29, 1.82) is 0 Å². The maximum Gasteiger partial charge on any atom is 0.334 e. The third-order valence-corrected chi connectivity index (χ3v) is 5.93. The van der Waals surface area contributed by atoms with E-state index < -0.39 is 39.9 Å². The van der Waals surface area contributed by atoms with Crippen LogP contribution in [0, 0.1) is 21.7 Å². The molecule has 1 atom stereocenters. The van der Waals surface area contributed by atoms with Crippen molar-refractivity contribution in [3.8, 4) is 5.75 Å². The van der Waals surface area contributed by atoms with Crippen LogP contribution < -0.4 is 10.1 Å². The predicted octanol–water partition coefficient (Wildman–Crippen LogP) is 5.45.